The first-order chi connectivity index (χ1) is 7.35. The summed E-state index contributed by atoms with van der Waals surface area (Å²) in [5.74, 6) is -0.458. The number of nitrogens with zero attached hydrogens (tertiary/aromatic N) is 2. The van der Waals surface area contributed by atoms with E-state index >= 15 is 0 Å². The summed E-state index contributed by atoms with van der Waals surface area (Å²) in [5.41, 5.74) is -0.612. The van der Waals surface area contributed by atoms with Gasteiger partial charge in [0.15, 0.2) is 10.3 Å². The maximum Gasteiger partial charge on any atom is 0.255 e. The lowest BCUT2D eigenvalue weighted by Crippen LogP contribution is -2.46. The molecule has 16 heavy (non-hydrogen) atoms. The largest absolute Gasteiger partial charge is 0.394 e. The zero-order chi connectivity index (χ0) is 12.3. The summed E-state index contributed by atoms with van der Waals surface area (Å²) in [7, 11) is 0. The predicted octanol–water partition coefficient (Wildman–Crippen LogP) is 1.28. The van der Waals surface area contributed by atoms with Gasteiger partial charge in [-0.25, -0.2) is 0 Å². The lowest BCUT2D eigenvalue weighted by atomic mass is 10.1. The van der Waals surface area contributed by atoms with Crippen molar-refractivity contribution in [1.82, 2.24) is 15.5 Å². The van der Waals surface area contributed by atoms with Crippen molar-refractivity contribution in [3.8, 4) is 0 Å². The Balaban J connectivity index is 2.93. The minimum atomic E-state index is -0.740. The first kappa shape index (κ1) is 13.2. The Morgan fingerprint density at radius 3 is 2.69 bits per heavy atom. The predicted molar refractivity (Wildman–Crippen MR) is 60.7 cm³/mol. The molecule has 0 unspecified atom stereocenters. The minimum absolute atomic E-state index is 0.0318. The van der Waals surface area contributed by atoms with E-state index in [1.54, 1.807) is 13.8 Å². The number of aromatic nitrogens is 2. The van der Waals surface area contributed by atoms with Crippen molar-refractivity contribution in [1.29, 1.82) is 0 Å². The van der Waals surface area contributed by atoms with Crippen molar-refractivity contribution in [2.75, 3.05) is 6.61 Å². The summed E-state index contributed by atoms with van der Waals surface area (Å²) in [6.07, 6.45) is 0. The Labute approximate surface area is 103 Å². The molecule has 1 heterocycles. The number of aliphatic hydroxyl groups excluding tert-OH is 1. The summed E-state index contributed by atoms with van der Waals surface area (Å²) < 4.78 is 0. The molecule has 0 bridgehead atoms. The van der Waals surface area contributed by atoms with Crippen LogP contribution < -0.4 is 5.32 Å². The molecular formula is C9H11Cl2N3O2. The average molecular weight is 264 g/mol. The number of carbonyl (C=O) groups excluding carboxylic acids is 1. The summed E-state index contributed by atoms with van der Waals surface area (Å²) in [5, 5.41) is 18.7. The topological polar surface area (TPSA) is 75.1 Å². The van der Waals surface area contributed by atoms with Gasteiger partial charge in [-0.2, -0.15) is 0 Å². The standard InChI is InChI=1S/C9H11Cl2N3O2/c1-9(2,4-15)12-8(16)5-3-6(10)13-14-7(5)11/h3,15H,4H2,1-2H3,(H,12,16). The molecule has 1 amide bonds. The summed E-state index contributed by atoms with van der Waals surface area (Å²) in [6.45, 7) is 3.16. The van der Waals surface area contributed by atoms with Gasteiger partial charge in [0.2, 0.25) is 0 Å². The van der Waals surface area contributed by atoms with E-state index in [1.165, 1.54) is 6.07 Å². The fraction of sp³-hybridized carbons (Fsp3) is 0.444. The lowest BCUT2D eigenvalue weighted by Gasteiger charge is -2.23. The highest BCUT2D eigenvalue weighted by Crippen LogP contribution is 2.16. The molecule has 0 aliphatic rings. The second-order valence-corrected chi connectivity index (χ2v) is 4.61. The van der Waals surface area contributed by atoms with E-state index < -0.39 is 11.4 Å². The number of amides is 1. The third-order valence-corrected chi connectivity index (χ3v) is 2.27. The Hall–Kier alpha value is -0.910. The molecule has 5 nitrogen and oxygen atoms in total. The molecule has 2 N–H and O–H groups in total. The highest BCUT2D eigenvalue weighted by molar-refractivity contribution is 6.34. The summed E-state index contributed by atoms with van der Waals surface area (Å²) >= 11 is 11.3. The Bertz CT molecular complexity index is 410. The molecule has 0 saturated carbocycles. The van der Waals surface area contributed by atoms with Crippen molar-refractivity contribution in [2.45, 2.75) is 19.4 Å². The number of halogens is 2. The molecule has 88 valence electrons. The van der Waals surface area contributed by atoms with Gasteiger partial charge in [0.25, 0.3) is 5.91 Å². The van der Waals surface area contributed by atoms with Gasteiger partial charge in [-0.05, 0) is 19.9 Å². The van der Waals surface area contributed by atoms with E-state index in [4.69, 9.17) is 28.3 Å². The van der Waals surface area contributed by atoms with Crippen LogP contribution in [0.5, 0.6) is 0 Å². The van der Waals surface area contributed by atoms with Gasteiger partial charge >= 0.3 is 0 Å². The fourth-order valence-electron chi connectivity index (χ4n) is 0.926. The highest BCUT2D eigenvalue weighted by Gasteiger charge is 2.22. The van der Waals surface area contributed by atoms with Crippen LogP contribution in [0.3, 0.4) is 0 Å². The monoisotopic (exact) mass is 263 g/mol. The Morgan fingerprint density at radius 1 is 1.50 bits per heavy atom. The molecule has 0 atom stereocenters. The maximum absolute atomic E-state index is 11.8. The van der Waals surface area contributed by atoms with E-state index in [0.29, 0.717) is 0 Å². The van der Waals surface area contributed by atoms with Crippen molar-refractivity contribution < 1.29 is 9.90 Å². The molecule has 0 saturated heterocycles. The van der Waals surface area contributed by atoms with E-state index in [9.17, 15) is 4.79 Å². The summed E-state index contributed by atoms with van der Waals surface area (Å²) in [6, 6.07) is 1.32. The Kier molecular flexibility index (Phi) is 4.07. The van der Waals surface area contributed by atoms with Gasteiger partial charge in [-0.15, -0.1) is 10.2 Å². The highest BCUT2D eigenvalue weighted by atomic mass is 35.5. The lowest BCUT2D eigenvalue weighted by molar-refractivity contribution is 0.0869. The van der Waals surface area contributed by atoms with Crippen molar-refractivity contribution >= 4 is 29.1 Å². The molecule has 0 fully saturated rings. The van der Waals surface area contributed by atoms with E-state index in [2.05, 4.69) is 15.5 Å². The minimum Gasteiger partial charge on any atom is -0.394 e. The van der Waals surface area contributed by atoms with Crippen molar-refractivity contribution in [3.63, 3.8) is 0 Å². The van der Waals surface area contributed by atoms with Crippen LogP contribution in [0.1, 0.15) is 24.2 Å². The van der Waals surface area contributed by atoms with Gasteiger partial charge in [-0.1, -0.05) is 23.2 Å². The van der Waals surface area contributed by atoms with Crippen LogP contribution in [-0.2, 0) is 0 Å². The summed E-state index contributed by atoms with van der Waals surface area (Å²) in [4.78, 5) is 11.8. The number of nitrogens with one attached hydrogen (secondary N) is 1. The number of rotatable bonds is 3. The first-order valence-electron chi connectivity index (χ1n) is 4.48. The maximum atomic E-state index is 11.8. The molecule has 0 aliphatic carbocycles. The molecular weight excluding hydrogens is 253 g/mol. The molecule has 0 aliphatic heterocycles. The molecule has 1 rings (SSSR count). The smallest absolute Gasteiger partial charge is 0.255 e. The zero-order valence-corrected chi connectivity index (χ0v) is 10.3. The van der Waals surface area contributed by atoms with Gasteiger partial charge in [0.1, 0.15) is 0 Å². The molecule has 1 aromatic rings. The SMILES string of the molecule is CC(C)(CO)NC(=O)c1cc(Cl)nnc1Cl. The normalized spacial score (nSPS) is 11.3. The van der Waals surface area contributed by atoms with Crippen LogP contribution in [0.25, 0.3) is 0 Å². The van der Waals surface area contributed by atoms with Gasteiger partial charge < -0.3 is 10.4 Å². The van der Waals surface area contributed by atoms with Crippen molar-refractivity contribution in [3.05, 3.63) is 21.9 Å². The number of hydrogen-bond acceptors (Lipinski definition) is 4. The third-order valence-electron chi connectivity index (χ3n) is 1.81. The third kappa shape index (κ3) is 3.30. The molecule has 0 aromatic carbocycles. The fourth-order valence-corrected chi connectivity index (χ4v) is 1.25. The van der Waals surface area contributed by atoms with Crippen molar-refractivity contribution in [2.24, 2.45) is 0 Å². The van der Waals surface area contributed by atoms with Crippen LogP contribution in [-0.4, -0.2) is 33.4 Å². The molecule has 0 spiro atoms. The van der Waals surface area contributed by atoms with Gasteiger partial charge in [0, 0.05) is 0 Å². The van der Waals surface area contributed by atoms with Gasteiger partial charge in [0.05, 0.1) is 17.7 Å². The van der Waals surface area contributed by atoms with E-state index in [0.717, 1.165) is 0 Å². The van der Waals surface area contributed by atoms with Crippen LogP contribution >= 0.6 is 23.2 Å². The van der Waals surface area contributed by atoms with E-state index in [1.807, 2.05) is 0 Å². The van der Waals surface area contributed by atoms with Crippen LogP contribution in [0.4, 0.5) is 0 Å². The second-order valence-electron chi connectivity index (χ2n) is 3.87. The quantitative estimate of drug-likeness (QED) is 0.862. The zero-order valence-electron chi connectivity index (χ0n) is 8.79. The number of aliphatic hydroxyl groups is 1. The molecule has 0 radical (unpaired) electrons. The molecule has 7 heteroatoms. The van der Waals surface area contributed by atoms with Crippen LogP contribution in [0, 0.1) is 0 Å². The molecule has 1 aromatic heterocycles. The number of carbonyl (C=O) groups is 1. The van der Waals surface area contributed by atoms with Crippen LogP contribution in [0.2, 0.25) is 10.3 Å². The Morgan fingerprint density at radius 2 is 2.12 bits per heavy atom. The second kappa shape index (κ2) is 4.95. The van der Waals surface area contributed by atoms with E-state index in [-0.39, 0.29) is 22.5 Å². The average Bonchev–Trinajstić information content (AvgIpc) is 2.21. The van der Waals surface area contributed by atoms with Gasteiger partial charge in [-0.3, -0.25) is 4.79 Å². The number of hydrogen-bond donors (Lipinski definition) is 2. The first-order valence-corrected chi connectivity index (χ1v) is 5.23. The van der Waals surface area contributed by atoms with Crippen LogP contribution in [0.15, 0.2) is 6.07 Å².